The number of allylic oxidation sites excluding steroid dienone is 1. The highest BCUT2D eigenvalue weighted by Gasteiger charge is 2.01. The Kier molecular flexibility index (Phi) is 8.57. The van der Waals surface area contributed by atoms with Crippen molar-refractivity contribution < 1.29 is 0 Å². The molecule has 0 radical (unpaired) electrons. The number of rotatable bonds is 7. The molecular weight excluding hydrogens is 146 g/mol. The molecule has 1 atom stereocenters. The molecule has 0 rings (SSSR count). The summed E-state index contributed by atoms with van der Waals surface area (Å²) in [5.41, 5.74) is 0. The van der Waals surface area contributed by atoms with Crippen LogP contribution in [0.3, 0.4) is 0 Å². The third-order valence-corrected chi connectivity index (χ3v) is 2.11. The first kappa shape index (κ1) is 11.7. The summed E-state index contributed by atoms with van der Waals surface area (Å²) >= 11 is 0. The van der Waals surface area contributed by atoms with Crippen molar-refractivity contribution >= 4 is 0 Å². The Labute approximate surface area is 77.2 Å². The van der Waals surface area contributed by atoms with Crippen LogP contribution >= 0.6 is 0 Å². The highest BCUT2D eigenvalue weighted by atomic mass is 14.9. The maximum absolute atomic E-state index is 3.55. The summed E-state index contributed by atoms with van der Waals surface area (Å²) in [6, 6.07) is 0.736. The van der Waals surface area contributed by atoms with Crippen LogP contribution in [0.25, 0.3) is 0 Å². The van der Waals surface area contributed by atoms with Crippen LogP contribution in [0.2, 0.25) is 0 Å². The molecular formula is C11H23N. The molecule has 0 fully saturated rings. The normalized spacial score (nSPS) is 13.9. The van der Waals surface area contributed by atoms with E-state index in [1.165, 1.54) is 19.3 Å². The molecule has 1 heteroatoms. The maximum Gasteiger partial charge on any atom is 0.00644 e. The molecule has 0 spiro atoms. The highest BCUT2D eigenvalue weighted by Crippen LogP contribution is 2.00. The fraction of sp³-hybridized carbons (Fsp3) is 0.818. The van der Waals surface area contributed by atoms with Crippen LogP contribution in [0, 0.1) is 0 Å². The smallest absolute Gasteiger partial charge is 0.00644 e. The first-order valence-electron chi connectivity index (χ1n) is 5.19. The summed E-state index contributed by atoms with van der Waals surface area (Å²) in [5, 5.41) is 3.55. The first-order chi connectivity index (χ1) is 5.85. The van der Waals surface area contributed by atoms with Gasteiger partial charge in [-0.15, -0.1) is 0 Å². The van der Waals surface area contributed by atoms with E-state index in [1.54, 1.807) is 0 Å². The Morgan fingerprint density at radius 2 is 2.08 bits per heavy atom. The predicted molar refractivity (Wildman–Crippen MR) is 56.4 cm³/mol. The van der Waals surface area contributed by atoms with E-state index in [9.17, 15) is 0 Å². The van der Waals surface area contributed by atoms with E-state index in [-0.39, 0.29) is 0 Å². The van der Waals surface area contributed by atoms with Gasteiger partial charge in [0.25, 0.3) is 0 Å². The molecule has 0 amide bonds. The summed E-state index contributed by atoms with van der Waals surface area (Å²) in [7, 11) is 0. The summed E-state index contributed by atoms with van der Waals surface area (Å²) in [4.78, 5) is 0. The zero-order chi connectivity index (χ0) is 9.23. The number of nitrogens with one attached hydrogen (secondary N) is 1. The van der Waals surface area contributed by atoms with Gasteiger partial charge in [0.1, 0.15) is 0 Å². The molecule has 0 aromatic carbocycles. The Hall–Kier alpha value is -0.300. The van der Waals surface area contributed by atoms with Crippen molar-refractivity contribution in [2.75, 3.05) is 6.54 Å². The molecule has 1 nitrogen and oxygen atoms in total. The third kappa shape index (κ3) is 6.41. The van der Waals surface area contributed by atoms with Gasteiger partial charge in [-0.05, 0) is 32.7 Å². The number of hydrogen-bond acceptors (Lipinski definition) is 1. The Balaban J connectivity index is 3.31. The second-order valence-electron chi connectivity index (χ2n) is 3.21. The monoisotopic (exact) mass is 169 g/mol. The second kappa shape index (κ2) is 8.79. The lowest BCUT2D eigenvalue weighted by molar-refractivity contribution is 0.468. The lowest BCUT2D eigenvalue weighted by Crippen LogP contribution is -2.28. The first-order valence-corrected chi connectivity index (χ1v) is 5.19. The lowest BCUT2D eigenvalue weighted by atomic mass is 10.1. The standard InChI is InChI=1S/C11H23N/c1-4-7-8-10-12-11(6-3)9-5-2/h4,7,11-12H,5-6,8-10H2,1-3H3. The molecule has 1 N–H and O–H groups in total. The lowest BCUT2D eigenvalue weighted by Gasteiger charge is -2.14. The van der Waals surface area contributed by atoms with E-state index >= 15 is 0 Å². The van der Waals surface area contributed by atoms with E-state index in [1.807, 2.05) is 0 Å². The Morgan fingerprint density at radius 3 is 2.58 bits per heavy atom. The minimum absolute atomic E-state index is 0.736. The molecule has 12 heavy (non-hydrogen) atoms. The van der Waals surface area contributed by atoms with Crippen LogP contribution in [0.4, 0.5) is 0 Å². The molecule has 0 aliphatic rings. The summed E-state index contributed by atoms with van der Waals surface area (Å²) in [5.74, 6) is 0. The Bertz CT molecular complexity index is 108. The summed E-state index contributed by atoms with van der Waals surface area (Å²) in [6.07, 6.45) is 9.34. The average Bonchev–Trinajstić information content (AvgIpc) is 2.10. The van der Waals surface area contributed by atoms with Crippen molar-refractivity contribution in [3.05, 3.63) is 12.2 Å². The van der Waals surface area contributed by atoms with E-state index in [0.29, 0.717) is 0 Å². The van der Waals surface area contributed by atoms with E-state index < -0.39 is 0 Å². The molecule has 0 bridgehead atoms. The summed E-state index contributed by atoms with van der Waals surface area (Å²) < 4.78 is 0. The van der Waals surface area contributed by atoms with Crippen LogP contribution in [0.1, 0.15) is 46.5 Å². The molecule has 0 saturated heterocycles. The molecule has 0 aliphatic heterocycles. The predicted octanol–water partition coefficient (Wildman–Crippen LogP) is 3.12. The van der Waals surface area contributed by atoms with Gasteiger partial charge >= 0.3 is 0 Å². The van der Waals surface area contributed by atoms with Gasteiger partial charge in [-0.1, -0.05) is 32.4 Å². The van der Waals surface area contributed by atoms with Gasteiger partial charge in [0.15, 0.2) is 0 Å². The van der Waals surface area contributed by atoms with Gasteiger partial charge < -0.3 is 5.32 Å². The maximum atomic E-state index is 3.55. The summed E-state index contributed by atoms with van der Waals surface area (Å²) in [6.45, 7) is 7.70. The highest BCUT2D eigenvalue weighted by molar-refractivity contribution is 4.78. The van der Waals surface area contributed by atoms with Crippen molar-refractivity contribution in [3.63, 3.8) is 0 Å². The zero-order valence-corrected chi connectivity index (χ0v) is 8.77. The minimum Gasteiger partial charge on any atom is -0.314 e. The molecule has 0 aliphatic carbocycles. The second-order valence-corrected chi connectivity index (χ2v) is 3.21. The van der Waals surface area contributed by atoms with E-state index in [0.717, 1.165) is 19.0 Å². The SMILES string of the molecule is CC=CCCNC(CC)CCC. The molecule has 72 valence electrons. The van der Waals surface area contributed by atoms with Crippen LogP contribution in [0.5, 0.6) is 0 Å². The van der Waals surface area contributed by atoms with Gasteiger partial charge in [-0.2, -0.15) is 0 Å². The largest absolute Gasteiger partial charge is 0.314 e. The fourth-order valence-corrected chi connectivity index (χ4v) is 1.34. The topological polar surface area (TPSA) is 12.0 Å². The molecule has 0 aromatic rings. The van der Waals surface area contributed by atoms with Crippen molar-refractivity contribution in [2.24, 2.45) is 0 Å². The Morgan fingerprint density at radius 1 is 1.33 bits per heavy atom. The third-order valence-electron chi connectivity index (χ3n) is 2.11. The van der Waals surface area contributed by atoms with Gasteiger partial charge in [0.05, 0.1) is 0 Å². The average molecular weight is 169 g/mol. The van der Waals surface area contributed by atoms with Crippen LogP contribution in [0.15, 0.2) is 12.2 Å². The molecule has 0 aromatic heterocycles. The molecule has 1 unspecified atom stereocenters. The zero-order valence-electron chi connectivity index (χ0n) is 8.77. The quantitative estimate of drug-likeness (QED) is 0.456. The molecule has 0 saturated carbocycles. The van der Waals surface area contributed by atoms with Gasteiger partial charge in [-0.3, -0.25) is 0 Å². The number of hydrogen-bond donors (Lipinski definition) is 1. The van der Waals surface area contributed by atoms with Crippen molar-refractivity contribution in [2.45, 2.75) is 52.5 Å². The van der Waals surface area contributed by atoms with Crippen molar-refractivity contribution in [1.29, 1.82) is 0 Å². The fourth-order valence-electron chi connectivity index (χ4n) is 1.34. The van der Waals surface area contributed by atoms with Crippen molar-refractivity contribution in [1.82, 2.24) is 5.32 Å². The molecule has 0 heterocycles. The van der Waals surface area contributed by atoms with Crippen LogP contribution in [-0.4, -0.2) is 12.6 Å². The van der Waals surface area contributed by atoms with Crippen LogP contribution < -0.4 is 5.32 Å². The van der Waals surface area contributed by atoms with Gasteiger partial charge in [0, 0.05) is 6.04 Å². The van der Waals surface area contributed by atoms with Gasteiger partial charge in [0.2, 0.25) is 0 Å². The minimum atomic E-state index is 0.736. The van der Waals surface area contributed by atoms with Crippen molar-refractivity contribution in [3.8, 4) is 0 Å². The van der Waals surface area contributed by atoms with Crippen LogP contribution in [-0.2, 0) is 0 Å². The van der Waals surface area contributed by atoms with E-state index in [2.05, 4.69) is 38.2 Å². The van der Waals surface area contributed by atoms with E-state index in [4.69, 9.17) is 0 Å². The van der Waals surface area contributed by atoms with Gasteiger partial charge in [-0.25, -0.2) is 0 Å².